The molecule has 2 aromatic rings. The smallest absolute Gasteiger partial charge is 0.174 e. The Kier molecular flexibility index (Phi) is 5.15. The van der Waals surface area contributed by atoms with Crippen molar-refractivity contribution in [2.24, 2.45) is 0 Å². The Labute approximate surface area is 158 Å². The summed E-state index contributed by atoms with van der Waals surface area (Å²) < 4.78 is 7.39. The Bertz CT molecular complexity index is 752. The predicted octanol–water partition coefficient (Wildman–Crippen LogP) is 1.90. The average Bonchev–Trinajstić information content (AvgIpc) is 3.28. The number of aromatic nitrogens is 4. The molecule has 0 radical (unpaired) electrons. The zero-order chi connectivity index (χ0) is 18.0. The number of hydrogen-bond acceptors (Lipinski definition) is 7. The van der Waals surface area contributed by atoms with E-state index >= 15 is 0 Å². The first kappa shape index (κ1) is 17.8. The quantitative estimate of drug-likeness (QED) is 0.857. The Morgan fingerprint density at radius 3 is 2.81 bits per heavy atom. The van der Waals surface area contributed by atoms with Gasteiger partial charge in [0.25, 0.3) is 0 Å². The standard InChI is InChI=1S/C18H26N6OS/c1-14-9-15(2)24(22-14)17-11-19-10-16(21-17)20-12-18(3-8-26-13-18)23-4-6-25-7-5-23/h9-11H,3-8,12-13H2,1-2H3,(H,20,21). The monoisotopic (exact) mass is 374 g/mol. The van der Waals surface area contributed by atoms with Crippen molar-refractivity contribution in [2.75, 3.05) is 49.7 Å². The van der Waals surface area contributed by atoms with Gasteiger partial charge in [0, 0.05) is 36.6 Å². The van der Waals surface area contributed by atoms with Gasteiger partial charge in [-0.25, -0.2) is 9.67 Å². The van der Waals surface area contributed by atoms with E-state index in [4.69, 9.17) is 9.72 Å². The van der Waals surface area contributed by atoms with Gasteiger partial charge in [-0.1, -0.05) is 0 Å². The van der Waals surface area contributed by atoms with Crippen LogP contribution in [0.2, 0.25) is 0 Å². The fraction of sp³-hybridized carbons (Fsp3) is 0.611. The summed E-state index contributed by atoms with van der Waals surface area (Å²) >= 11 is 2.04. The molecule has 26 heavy (non-hydrogen) atoms. The fourth-order valence-corrected chi connectivity index (χ4v) is 5.27. The number of hydrogen-bond donors (Lipinski definition) is 1. The number of ether oxygens (including phenoxy) is 1. The first-order chi connectivity index (χ1) is 12.7. The van der Waals surface area contributed by atoms with Crippen LogP contribution in [0.1, 0.15) is 17.8 Å². The van der Waals surface area contributed by atoms with Crippen LogP contribution in [-0.2, 0) is 4.74 Å². The first-order valence-electron chi connectivity index (χ1n) is 9.16. The van der Waals surface area contributed by atoms with Crippen molar-refractivity contribution in [2.45, 2.75) is 25.8 Å². The van der Waals surface area contributed by atoms with Gasteiger partial charge in [0.1, 0.15) is 5.82 Å². The van der Waals surface area contributed by atoms with Crippen molar-refractivity contribution >= 4 is 17.6 Å². The molecule has 2 aliphatic heterocycles. The molecule has 0 aliphatic carbocycles. The molecule has 2 fully saturated rings. The number of nitrogens with one attached hydrogen (secondary N) is 1. The summed E-state index contributed by atoms with van der Waals surface area (Å²) in [7, 11) is 0. The number of thioether (sulfide) groups is 1. The minimum atomic E-state index is 0.185. The lowest BCUT2D eigenvalue weighted by molar-refractivity contribution is -0.00922. The van der Waals surface area contributed by atoms with Crippen molar-refractivity contribution in [3.05, 3.63) is 29.8 Å². The second-order valence-corrected chi connectivity index (χ2v) is 8.19. The number of anilines is 1. The molecule has 1 atom stereocenters. The third-order valence-electron chi connectivity index (χ3n) is 5.21. The molecule has 4 rings (SSSR count). The second kappa shape index (κ2) is 7.54. The van der Waals surface area contributed by atoms with E-state index in [2.05, 4.69) is 20.3 Å². The largest absolute Gasteiger partial charge is 0.379 e. The van der Waals surface area contributed by atoms with E-state index in [1.165, 1.54) is 12.2 Å². The molecule has 0 aromatic carbocycles. The van der Waals surface area contributed by atoms with Crippen molar-refractivity contribution in [3.63, 3.8) is 0 Å². The maximum atomic E-state index is 5.54. The Hall–Kier alpha value is -1.64. The van der Waals surface area contributed by atoms with Crippen molar-refractivity contribution in [1.29, 1.82) is 0 Å². The van der Waals surface area contributed by atoms with Crippen LogP contribution in [0.4, 0.5) is 5.82 Å². The van der Waals surface area contributed by atoms with Gasteiger partial charge in [-0.15, -0.1) is 0 Å². The van der Waals surface area contributed by atoms with E-state index < -0.39 is 0 Å². The van der Waals surface area contributed by atoms with Gasteiger partial charge in [-0.05, 0) is 32.1 Å². The zero-order valence-corrected chi connectivity index (χ0v) is 16.3. The molecule has 140 valence electrons. The normalized spacial score (nSPS) is 24.1. The van der Waals surface area contributed by atoms with Gasteiger partial charge in [0.05, 0.1) is 31.3 Å². The molecule has 0 bridgehead atoms. The lowest BCUT2D eigenvalue weighted by Crippen LogP contribution is -2.57. The maximum absolute atomic E-state index is 5.54. The highest BCUT2D eigenvalue weighted by molar-refractivity contribution is 7.99. The highest BCUT2D eigenvalue weighted by Crippen LogP contribution is 2.34. The van der Waals surface area contributed by atoms with Crippen molar-refractivity contribution in [3.8, 4) is 5.82 Å². The van der Waals surface area contributed by atoms with E-state index in [0.29, 0.717) is 0 Å². The number of morpholine rings is 1. The molecule has 0 saturated carbocycles. The van der Waals surface area contributed by atoms with Crippen LogP contribution in [0.5, 0.6) is 0 Å². The molecule has 0 spiro atoms. The van der Waals surface area contributed by atoms with Crippen LogP contribution in [0.25, 0.3) is 5.82 Å². The van der Waals surface area contributed by atoms with Crippen LogP contribution < -0.4 is 5.32 Å². The van der Waals surface area contributed by atoms with Crippen molar-refractivity contribution in [1.82, 2.24) is 24.6 Å². The second-order valence-electron chi connectivity index (χ2n) is 7.08. The lowest BCUT2D eigenvalue weighted by Gasteiger charge is -2.43. The molecule has 1 unspecified atom stereocenters. The third-order valence-corrected chi connectivity index (χ3v) is 6.45. The Morgan fingerprint density at radius 1 is 1.27 bits per heavy atom. The summed E-state index contributed by atoms with van der Waals surface area (Å²) in [5, 5.41) is 8.06. The van der Waals surface area contributed by atoms with E-state index in [1.807, 2.05) is 36.4 Å². The summed E-state index contributed by atoms with van der Waals surface area (Å²) in [6.45, 7) is 8.60. The summed E-state index contributed by atoms with van der Waals surface area (Å²) in [5.74, 6) is 3.93. The maximum Gasteiger partial charge on any atom is 0.174 e. The van der Waals surface area contributed by atoms with Gasteiger partial charge in [0.2, 0.25) is 0 Å². The molecule has 2 aromatic heterocycles. The SMILES string of the molecule is Cc1cc(C)n(-c2cncc(NCC3(N4CCOCC4)CCSC3)n2)n1. The van der Waals surface area contributed by atoms with Crippen LogP contribution in [0.15, 0.2) is 18.5 Å². The Morgan fingerprint density at radius 2 is 2.12 bits per heavy atom. The van der Waals surface area contributed by atoms with Crippen LogP contribution in [0.3, 0.4) is 0 Å². The van der Waals surface area contributed by atoms with E-state index in [1.54, 1.807) is 12.4 Å². The summed E-state index contributed by atoms with van der Waals surface area (Å²) in [5.41, 5.74) is 2.23. The topological polar surface area (TPSA) is 68.1 Å². The summed E-state index contributed by atoms with van der Waals surface area (Å²) in [6, 6.07) is 2.05. The molecule has 4 heterocycles. The number of nitrogens with zero attached hydrogens (tertiary/aromatic N) is 5. The lowest BCUT2D eigenvalue weighted by atomic mass is 9.95. The van der Waals surface area contributed by atoms with Gasteiger partial charge >= 0.3 is 0 Å². The fourth-order valence-electron chi connectivity index (χ4n) is 3.79. The van der Waals surface area contributed by atoms with Crippen molar-refractivity contribution < 1.29 is 4.74 Å². The van der Waals surface area contributed by atoms with E-state index in [9.17, 15) is 0 Å². The molecule has 2 aliphatic rings. The molecule has 2 saturated heterocycles. The van der Waals surface area contributed by atoms with Gasteiger partial charge in [-0.3, -0.25) is 9.88 Å². The number of rotatable bonds is 5. The highest BCUT2D eigenvalue weighted by atomic mass is 32.2. The minimum absolute atomic E-state index is 0.185. The summed E-state index contributed by atoms with van der Waals surface area (Å²) in [4.78, 5) is 11.7. The Balaban J connectivity index is 1.50. The van der Waals surface area contributed by atoms with Gasteiger partial charge in [-0.2, -0.15) is 16.9 Å². The van der Waals surface area contributed by atoms with Gasteiger partial charge < -0.3 is 10.1 Å². The van der Waals surface area contributed by atoms with Crippen LogP contribution in [-0.4, -0.2) is 74.5 Å². The zero-order valence-electron chi connectivity index (χ0n) is 15.4. The predicted molar refractivity (Wildman–Crippen MR) is 104 cm³/mol. The summed E-state index contributed by atoms with van der Waals surface area (Å²) in [6.07, 6.45) is 4.76. The van der Waals surface area contributed by atoms with E-state index in [0.717, 1.165) is 61.6 Å². The molecule has 1 N–H and O–H groups in total. The first-order valence-corrected chi connectivity index (χ1v) is 10.3. The molecule has 0 amide bonds. The minimum Gasteiger partial charge on any atom is -0.379 e. The van der Waals surface area contributed by atoms with Gasteiger partial charge in [0.15, 0.2) is 5.82 Å². The molecule has 8 heteroatoms. The average molecular weight is 375 g/mol. The van der Waals surface area contributed by atoms with E-state index in [-0.39, 0.29) is 5.54 Å². The third kappa shape index (κ3) is 3.58. The number of aryl methyl sites for hydroxylation is 2. The molecular formula is C18H26N6OS. The highest BCUT2D eigenvalue weighted by Gasteiger charge is 2.40. The van der Waals surface area contributed by atoms with Crippen LogP contribution >= 0.6 is 11.8 Å². The molecular weight excluding hydrogens is 348 g/mol. The van der Waals surface area contributed by atoms with Crippen LogP contribution in [0, 0.1) is 13.8 Å². The molecule has 7 nitrogen and oxygen atoms in total.